The molecule has 6 heteroatoms. The van der Waals surface area contributed by atoms with Crippen molar-refractivity contribution in [2.45, 2.75) is 20.3 Å². The molecule has 20 heavy (non-hydrogen) atoms. The number of halogens is 2. The topological polar surface area (TPSA) is 50.4 Å². The molecule has 1 aromatic carbocycles. The van der Waals surface area contributed by atoms with Gasteiger partial charge in [-0.05, 0) is 38.9 Å². The van der Waals surface area contributed by atoms with Crippen LogP contribution >= 0.6 is 12.4 Å². The number of carbonyl (C=O) groups is 1. The first-order chi connectivity index (χ1) is 9.05. The maximum Gasteiger partial charge on any atom is 0.231 e. The zero-order valence-electron chi connectivity index (χ0n) is 11.7. The third-order valence-corrected chi connectivity index (χ3v) is 3.41. The van der Waals surface area contributed by atoms with Gasteiger partial charge < -0.3 is 15.4 Å². The van der Waals surface area contributed by atoms with Crippen molar-refractivity contribution in [3.8, 4) is 5.75 Å². The largest absolute Gasteiger partial charge is 0.491 e. The maximum absolute atomic E-state index is 13.7. The molecule has 0 bridgehead atoms. The van der Waals surface area contributed by atoms with Crippen LogP contribution in [0.2, 0.25) is 0 Å². The van der Waals surface area contributed by atoms with Crippen LogP contribution in [0.3, 0.4) is 0 Å². The number of nitrogens with one attached hydrogen (secondary N) is 2. The van der Waals surface area contributed by atoms with Crippen molar-refractivity contribution in [2.75, 3.05) is 25.0 Å². The van der Waals surface area contributed by atoms with E-state index in [1.807, 2.05) is 6.92 Å². The first-order valence-corrected chi connectivity index (χ1v) is 6.50. The molecule has 1 aromatic rings. The first kappa shape index (κ1) is 16.7. The van der Waals surface area contributed by atoms with Crippen LogP contribution in [-0.2, 0) is 4.79 Å². The molecular formula is C14H20ClFN2O2. The number of rotatable bonds is 4. The molecule has 112 valence electrons. The van der Waals surface area contributed by atoms with Crippen LogP contribution in [-0.4, -0.2) is 25.6 Å². The summed E-state index contributed by atoms with van der Waals surface area (Å²) in [5, 5.41) is 5.92. The molecule has 0 aromatic heterocycles. The number of ether oxygens (including phenoxy) is 1. The summed E-state index contributed by atoms with van der Waals surface area (Å²) in [5.41, 5.74) is 0.0359. The summed E-state index contributed by atoms with van der Waals surface area (Å²) < 4.78 is 18.8. The van der Waals surface area contributed by atoms with Crippen LogP contribution in [0.15, 0.2) is 18.2 Å². The van der Waals surface area contributed by atoms with E-state index in [0.29, 0.717) is 18.8 Å². The molecule has 2 rings (SSSR count). The Bertz CT molecular complexity index is 476. The first-order valence-electron chi connectivity index (χ1n) is 6.50. The molecular weight excluding hydrogens is 283 g/mol. The maximum atomic E-state index is 13.7. The number of carbonyl (C=O) groups excluding carboxylic acids is 1. The Morgan fingerprint density at radius 2 is 2.30 bits per heavy atom. The number of hydrogen-bond donors (Lipinski definition) is 2. The molecule has 4 nitrogen and oxygen atoms in total. The van der Waals surface area contributed by atoms with Crippen molar-refractivity contribution < 1.29 is 13.9 Å². The molecule has 0 radical (unpaired) electrons. The van der Waals surface area contributed by atoms with Gasteiger partial charge in [-0.2, -0.15) is 0 Å². The van der Waals surface area contributed by atoms with E-state index in [0.717, 1.165) is 13.0 Å². The number of amides is 1. The molecule has 1 aliphatic heterocycles. The fourth-order valence-corrected chi connectivity index (χ4v) is 2.14. The van der Waals surface area contributed by atoms with Crippen LogP contribution < -0.4 is 15.4 Å². The lowest BCUT2D eigenvalue weighted by Crippen LogP contribution is -2.35. The van der Waals surface area contributed by atoms with Gasteiger partial charge in [0, 0.05) is 18.3 Å². The lowest BCUT2D eigenvalue weighted by molar-refractivity contribution is -0.123. The van der Waals surface area contributed by atoms with Crippen LogP contribution in [0.1, 0.15) is 20.3 Å². The predicted molar refractivity (Wildman–Crippen MR) is 79.0 cm³/mol. The third kappa shape index (κ3) is 3.61. The van der Waals surface area contributed by atoms with Gasteiger partial charge in [-0.15, -0.1) is 12.4 Å². The monoisotopic (exact) mass is 302 g/mol. The van der Waals surface area contributed by atoms with Gasteiger partial charge in [0.2, 0.25) is 5.91 Å². The fourth-order valence-electron chi connectivity index (χ4n) is 2.14. The van der Waals surface area contributed by atoms with Gasteiger partial charge in [0.1, 0.15) is 0 Å². The highest BCUT2D eigenvalue weighted by Crippen LogP contribution is 2.27. The zero-order valence-corrected chi connectivity index (χ0v) is 12.5. The molecule has 2 N–H and O–H groups in total. The molecule has 0 saturated carbocycles. The van der Waals surface area contributed by atoms with E-state index >= 15 is 0 Å². The Balaban J connectivity index is 0.00000200. The van der Waals surface area contributed by atoms with Gasteiger partial charge in [-0.25, -0.2) is 4.39 Å². The molecule has 1 amide bonds. The van der Waals surface area contributed by atoms with Crippen molar-refractivity contribution in [3.05, 3.63) is 24.0 Å². The molecule has 1 aliphatic rings. The minimum atomic E-state index is -0.464. The molecule has 1 atom stereocenters. The Morgan fingerprint density at radius 1 is 1.55 bits per heavy atom. The standard InChI is InChI=1S/C14H19FN2O2.ClH/c1-3-19-12-5-4-10(8-11(12)15)17-13(18)14(2)6-7-16-9-14;/h4-5,8,16H,3,6-7,9H2,1-2H3,(H,17,18);1H. The minimum Gasteiger partial charge on any atom is -0.491 e. The minimum absolute atomic E-state index is 0. The quantitative estimate of drug-likeness (QED) is 0.899. The van der Waals surface area contributed by atoms with Crippen LogP contribution in [0.5, 0.6) is 5.75 Å². The molecule has 0 aliphatic carbocycles. The van der Waals surface area contributed by atoms with Gasteiger partial charge in [-0.1, -0.05) is 0 Å². The van der Waals surface area contributed by atoms with E-state index in [4.69, 9.17) is 4.74 Å². The normalized spacial score (nSPS) is 21.1. The second-order valence-corrected chi connectivity index (χ2v) is 5.02. The summed E-state index contributed by atoms with van der Waals surface area (Å²) in [7, 11) is 0. The molecule has 1 fully saturated rings. The Labute approximate surface area is 124 Å². The molecule has 1 heterocycles. The van der Waals surface area contributed by atoms with Crippen molar-refractivity contribution in [2.24, 2.45) is 5.41 Å². The highest BCUT2D eigenvalue weighted by Gasteiger charge is 2.36. The lowest BCUT2D eigenvalue weighted by Gasteiger charge is -2.21. The van der Waals surface area contributed by atoms with Gasteiger partial charge in [0.25, 0.3) is 0 Å². The molecule has 1 unspecified atom stereocenters. The van der Waals surface area contributed by atoms with Gasteiger partial charge >= 0.3 is 0 Å². The summed E-state index contributed by atoms with van der Waals surface area (Å²) in [6, 6.07) is 4.47. The van der Waals surface area contributed by atoms with Crippen molar-refractivity contribution in [3.63, 3.8) is 0 Å². The van der Waals surface area contributed by atoms with Gasteiger partial charge in [0.05, 0.1) is 12.0 Å². The number of hydrogen-bond acceptors (Lipinski definition) is 3. The number of anilines is 1. The lowest BCUT2D eigenvalue weighted by atomic mass is 9.89. The van der Waals surface area contributed by atoms with Crippen LogP contribution in [0.25, 0.3) is 0 Å². The highest BCUT2D eigenvalue weighted by molar-refractivity contribution is 5.95. The SMILES string of the molecule is CCOc1ccc(NC(=O)C2(C)CCNC2)cc1F.Cl. The highest BCUT2D eigenvalue weighted by atomic mass is 35.5. The van der Waals surface area contributed by atoms with Crippen LogP contribution in [0, 0.1) is 11.2 Å². The Kier molecular flexibility index (Phi) is 5.77. The predicted octanol–water partition coefficient (Wildman–Crippen LogP) is 2.58. The smallest absolute Gasteiger partial charge is 0.231 e. The van der Waals surface area contributed by atoms with E-state index in [2.05, 4.69) is 10.6 Å². The average Bonchev–Trinajstić information content (AvgIpc) is 2.81. The second kappa shape index (κ2) is 6.90. The third-order valence-electron chi connectivity index (χ3n) is 3.41. The summed E-state index contributed by atoms with van der Waals surface area (Å²) in [6.45, 7) is 5.60. The average molecular weight is 303 g/mol. The summed E-state index contributed by atoms with van der Waals surface area (Å²) in [6.07, 6.45) is 0.790. The second-order valence-electron chi connectivity index (χ2n) is 5.02. The van der Waals surface area contributed by atoms with Crippen molar-refractivity contribution in [1.29, 1.82) is 0 Å². The van der Waals surface area contributed by atoms with Crippen molar-refractivity contribution >= 4 is 24.0 Å². The van der Waals surface area contributed by atoms with E-state index in [1.165, 1.54) is 12.1 Å². The van der Waals surface area contributed by atoms with Gasteiger partial charge in [-0.3, -0.25) is 4.79 Å². The Hall–Kier alpha value is -1.33. The summed E-state index contributed by atoms with van der Waals surface area (Å²) in [4.78, 5) is 12.2. The zero-order chi connectivity index (χ0) is 13.9. The van der Waals surface area contributed by atoms with E-state index in [9.17, 15) is 9.18 Å². The summed E-state index contributed by atoms with van der Waals surface area (Å²) in [5.74, 6) is -0.343. The molecule has 0 spiro atoms. The van der Waals surface area contributed by atoms with E-state index in [-0.39, 0.29) is 24.1 Å². The Morgan fingerprint density at radius 3 is 2.85 bits per heavy atom. The van der Waals surface area contributed by atoms with Crippen LogP contribution in [0.4, 0.5) is 10.1 Å². The molecule has 1 saturated heterocycles. The van der Waals surface area contributed by atoms with Crippen molar-refractivity contribution in [1.82, 2.24) is 5.32 Å². The number of benzene rings is 1. The van der Waals surface area contributed by atoms with E-state index < -0.39 is 11.2 Å². The van der Waals surface area contributed by atoms with E-state index in [1.54, 1.807) is 13.0 Å². The van der Waals surface area contributed by atoms with Gasteiger partial charge in [0.15, 0.2) is 11.6 Å². The summed E-state index contributed by atoms with van der Waals surface area (Å²) >= 11 is 0. The fraction of sp³-hybridized carbons (Fsp3) is 0.500.